The first kappa shape index (κ1) is 26.3. The van der Waals surface area contributed by atoms with Crippen LogP contribution in [0.4, 0.5) is 17.2 Å². The number of methoxy groups -OCH3 is 2. The number of benzene rings is 1. The molecule has 2 aromatic heterocycles. The summed E-state index contributed by atoms with van der Waals surface area (Å²) in [4.78, 5) is 33.7. The van der Waals surface area contributed by atoms with Gasteiger partial charge in [0.15, 0.2) is 5.75 Å². The molecule has 0 atom stereocenters. The zero-order chi connectivity index (χ0) is 26.6. The van der Waals surface area contributed by atoms with E-state index in [-0.39, 0.29) is 35.4 Å². The number of hydrogen-bond acceptors (Lipinski definition) is 9. The summed E-state index contributed by atoms with van der Waals surface area (Å²) in [7, 11) is 19.7. The van der Waals surface area contributed by atoms with Crippen molar-refractivity contribution in [2.45, 2.75) is 31.1 Å². The number of carbonyl (C=O) groups is 2. The van der Waals surface area contributed by atoms with E-state index in [4.69, 9.17) is 37.5 Å². The van der Waals surface area contributed by atoms with E-state index in [1.54, 1.807) is 18.2 Å². The number of pyridine rings is 1. The molecule has 0 spiro atoms. The highest BCUT2D eigenvalue weighted by atomic mass is 16.5. The standard InChI is InChI=1S/C23H23B3N6O5/c1-35-11-19-30-21(32-37-19)13-4-3-5-15(20(13)36-2)28-16-9-17(29-18(33)8-12-6-7-12)27-10-14(16)22(34)31-23(24,25)26/h3-5,9-10,12H,6-8,11H2,1-2H3,(H,31,34)(H2,27,28,29,33). The smallest absolute Gasteiger partial charge is 0.253 e. The fraction of sp³-hybridized carbons (Fsp3) is 0.348. The molecular weight excluding hydrogens is 473 g/mol. The molecule has 1 saturated carbocycles. The van der Waals surface area contributed by atoms with Gasteiger partial charge in [-0.25, -0.2) is 4.98 Å². The Morgan fingerprint density at radius 3 is 2.65 bits per heavy atom. The zero-order valence-electron chi connectivity index (χ0n) is 20.4. The molecule has 3 aromatic rings. The summed E-state index contributed by atoms with van der Waals surface area (Å²) < 4.78 is 15.9. The molecule has 2 amide bonds. The number of nitrogens with one attached hydrogen (secondary N) is 3. The van der Waals surface area contributed by atoms with Crippen molar-refractivity contribution in [2.75, 3.05) is 24.9 Å². The van der Waals surface area contributed by atoms with Gasteiger partial charge in [-0.05, 0) is 30.9 Å². The number of hydrogen-bond donors (Lipinski definition) is 3. The van der Waals surface area contributed by atoms with Gasteiger partial charge in [0.25, 0.3) is 11.8 Å². The molecule has 1 aliphatic carbocycles. The predicted molar refractivity (Wildman–Crippen MR) is 138 cm³/mol. The monoisotopic (exact) mass is 496 g/mol. The Morgan fingerprint density at radius 2 is 1.97 bits per heavy atom. The molecule has 14 heteroatoms. The molecule has 0 unspecified atom stereocenters. The first-order valence-corrected chi connectivity index (χ1v) is 11.4. The van der Waals surface area contributed by atoms with Gasteiger partial charge >= 0.3 is 0 Å². The number of carbonyl (C=O) groups excluding carboxylic acids is 2. The van der Waals surface area contributed by atoms with Crippen LogP contribution in [0.2, 0.25) is 0 Å². The maximum absolute atomic E-state index is 12.9. The summed E-state index contributed by atoms with van der Waals surface area (Å²) in [5, 5.41) is 10.2. The molecule has 0 aliphatic heterocycles. The minimum Gasteiger partial charge on any atom is -0.494 e. The van der Waals surface area contributed by atoms with E-state index >= 15 is 0 Å². The maximum Gasteiger partial charge on any atom is 0.253 e. The van der Waals surface area contributed by atoms with Crippen LogP contribution >= 0.6 is 0 Å². The quantitative estimate of drug-likeness (QED) is 0.338. The van der Waals surface area contributed by atoms with Gasteiger partial charge in [-0.2, -0.15) is 4.98 Å². The summed E-state index contributed by atoms with van der Waals surface area (Å²) >= 11 is 0. The number of para-hydroxylation sites is 1. The molecule has 1 aromatic carbocycles. The Balaban J connectivity index is 1.68. The Hall–Kier alpha value is -3.80. The van der Waals surface area contributed by atoms with Crippen molar-refractivity contribution in [2.24, 2.45) is 5.92 Å². The van der Waals surface area contributed by atoms with E-state index in [9.17, 15) is 9.59 Å². The molecule has 0 saturated heterocycles. The van der Waals surface area contributed by atoms with Crippen molar-refractivity contribution in [1.82, 2.24) is 20.4 Å². The number of aromatic nitrogens is 3. The van der Waals surface area contributed by atoms with Gasteiger partial charge < -0.3 is 29.9 Å². The average Bonchev–Trinajstić information content (AvgIpc) is 3.52. The van der Waals surface area contributed by atoms with Crippen molar-refractivity contribution in [3.63, 3.8) is 0 Å². The lowest BCUT2D eigenvalue weighted by atomic mass is 9.49. The van der Waals surface area contributed by atoms with Crippen molar-refractivity contribution >= 4 is 52.5 Å². The first-order chi connectivity index (χ1) is 17.7. The van der Waals surface area contributed by atoms with Crippen molar-refractivity contribution < 1.29 is 23.6 Å². The molecule has 6 radical (unpaired) electrons. The minimum absolute atomic E-state index is 0.0697. The molecule has 37 heavy (non-hydrogen) atoms. The Morgan fingerprint density at radius 1 is 1.19 bits per heavy atom. The van der Waals surface area contributed by atoms with Crippen molar-refractivity contribution in [3.8, 4) is 17.1 Å². The Labute approximate surface area is 217 Å². The van der Waals surface area contributed by atoms with E-state index in [1.165, 1.54) is 26.5 Å². The van der Waals surface area contributed by atoms with E-state index in [2.05, 4.69) is 31.1 Å². The second kappa shape index (κ2) is 11.1. The fourth-order valence-electron chi connectivity index (χ4n) is 3.57. The third kappa shape index (κ3) is 6.91. The minimum atomic E-state index is -1.96. The highest BCUT2D eigenvalue weighted by Crippen LogP contribution is 2.38. The summed E-state index contributed by atoms with van der Waals surface area (Å²) in [5.74, 6) is 0.764. The van der Waals surface area contributed by atoms with Crippen LogP contribution in [0, 0.1) is 5.92 Å². The first-order valence-electron chi connectivity index (χ1n) is 11.4. The van der Waals surface area contributed by atoms with Gasteiger partial charge in [-0.15, -0.1) is 0 Å². The number of amides is 2. The lowest BCUT2D eigenvalue weighted by Gasteiger charge is -2.23. The molecule has 184 valence electrons. The number of rotatable bonds is 11. The summed E-state index contributed by atoms with van der Waals surface area (Å²) in [6.07, 6.45) is 3.77. The molecule has 1 fully saturated rings. The molecule has 0 bridgehead atoms. The third-order valence-corrected chi connectivity index (χ3v) is 5.38. The van der Waals surface area contributed by atoms with E-state index in [0.29, 0.717) is 35.2 Å². The number of nitrogens with zero attached hydrogens (tertiary/aromatic N) is 3. The highest BCUT2D eigenvalue weighted by molar-refractivity contribution is 6.60. The van der Waals surface area contributed by atoms with Crippen LogP contribution in [0.15, 0.2) is 35.0 Å². The molecule has 3 N–H and O–H groups in total. The van der Waals surface area contributed by atoms with Crippen LogP contribution in [0.25, 0.3) is 11.4 Å². The van der Waals surface area contributed by atoms with Crippen LogP contribution in [0.5, 0.6) is 5.75 Å². The fourth-order valence-corrected chi connectivity index (χ4v) is 3.57. The van der Waals surface area contributed by atoms with E-state index in [0.717, 1.165) is 12.8 Å². The van der Waals surface area contributed by atoms with Crippen molar-refractivity contribution in [3.05, 3.63) is 41.9 Å². The lowest BCUT2D eigenvalue weighted by molar-refractivity contribution is -0.116. The number of ether oxygens (including phenoxy) is 2. The maximum atomic E-state index is 12.9. The van der Waals surface area contributed by atoms with Crippen LogP contribution in [0.1, 0.15) is 35.5 Å². The number of anilines is 3. The van der Waals surface area contributed by atoms with Crippen LogP contribution in [0.3, 0.4) is 0 Å². The second-order valence-corrected chi connectivity index (χ2v) is 8.65. The van der Waals surface area contributed by atoms with Gasteiger partial charge in [-0.1, -0.05) is 16.5 Å². The van der Waals surface area contributed by atoms with Crippen molar-refractivity contribution in [1.29, 1.82) is 0 Å². The SMILES string of the molecule is [B]C([B])([B])NC(=O)c1cnc(NC(=O)CC2CC2)cc1Nc1cccc(-c2noc(COC)n2)c1OC. The molecule has 1 aliphatic rings. The third-order valence-electron chi connectivity index (χ3n) is 5.38. The van der Waals surface area contributed by atoms with Gasteiger partial charge in [0.2, 0.25) is 11.7 Å². The molecule has 4 rings (SSSR count). The summed E-state index contributed by atoms with van der Waals surface area (Å²) in [6.45, 7) is 0.156. The normalized spacial score (nSPS) is 13.1. The predicted octanol–water partition coefficient (Wildman–Crippen LogP) is 1.62. The van der Waals surface area contributed by atoms with Gasteiger partial charge in [0.1, 0.15) is 12.4 Å². The average molecular weight is 496 g/mol. The Kier molecular flexibility index (Phi) is 7.87. The van der Waals surface area contributed by atoms with Crippen LogP contribution < -0.4 is 20.7 Å². The molecule has 2 heterocycles. The molecule has 11 nitrogen and oxygen atoms in total. The van der Waals surface area contributed by atoms with Crippen LogP contribution in [-0.4, -0.2) is 69.9 Å². The van der Waals surface area contributed by atoms with Gasteiger partial charge in [0.05, 0.1) is 53.2 Å². The van der Waals surface area contributed by atoms with Crippen LogP contribution in [-0.2, 0) is 16.1 Å². The summed E-state index contributed by atoms with van der Waals surface area (Å²) in [5.41, 5.74) is 1.34. The second-order valence-electron chi connectivity index (χ2n) is 8.65. The van der Waals surface area contributed by atoms with Gasteiger partial charge in [-0.3, -0.25) is 9.59 Å². The lowest BCUT2D eigenvalue weighted by Crippen LogP contribution is -2.50. The highest BCUT2D eigenvalue weighted by Gasteiger charge is 2.25. The Bertz CT molecular complexity index is 1290. The topological polar surface area (TPSA) is 140 Å². The van der Waals surface area contributed by atoms with Gasteiger partial charge in [0, 0.05) is 25.8 Å². The summed E-state index contributed by atoms with van der Waals surface area (Å²) in [6, 6.07) is 6.74. The molecular formula is C23H23B3N6O5. The van der Waals surface area contributed by atoms with E-state index in [1.807, 2.05) is 0 Å². The zero-order valence-corrected chi connectivity index (χ0v) is 20.4. The van der Waals surface area contributed by atoms with E-state index < -0.39 is 11.1 Å². The largest absolute Gasteiger partial charge is 0.494 e.